The van der Waals surface area contributed by atoms with Crippen LogP contribution in [0.3, 0.4) is 0 Å². The zero-order valence-electron chi connectivity index (χ0n) is 10.4. The van der Waals surface area contributed by atoms with E-state index >= 15 is 0 Å². The summed E-state index contributed by atoms with van der Waals surface area (Å²) in [6, 6.07) is 5.79. The highest BCUT2D eigenvalue weighted by atomic mass is 16.6. The van der Waals surface area contributed by atoms with E-state index in [0.29, 0.717) is 13.0 Å². The van der Waals surface area contributed by atoms with Crippen molar-refractivity contribution in [3.8, 4) is 6.07 Å². The molecule has 100 valence electrons. The van der Waals surface area contributed by atoms with Gasteiger partial charge < -0.3 is 10.0 Å². The van der Waals surface area contributed by atoms with Gasteiger partial charge in [-0.15, -0.1) is 0 Å². The number of nitrogens with zero attached hydrogens (tertiary/aromatic N) is 3. The molecule has 1 aromatic rings. The molecule has 0 aliphatic rings. The van der Waals surface area contributed by atoms with Crippen LogP contribution in [0.25, 0.3) is 0 Å². The summed E-state index contributed by atoms with van der Waals surface area (Å²) in [7, 11) is 0. The first-order chi connectivity index (χ1) is 8.99. The minimum absolute atomic E-state index is 0.160. The molecule has 0 atom stereocenters. The second kappa shape index (κ2) is 6.35. The zero-order valence-corrected chi connectivity index (χ0v) is 10.4. The summed E-state index contributed by atoms with van der Waals surface area (Å²) in [5.74, 6) is -1.08. The molecule has 7 nitrogen and oxygen atoms in total. The Balaban J connectivity index is 3.28. The maximum Gasteiger partial charge on any atom is 0.323 e. The van der Waals surface area contributed by atoms with E-state index in [9.17, 15) is 14.9 Å². The van der Waals surface area contributed by atoms with Crippen molar-refractivity contribution in [3.05, 3.63) is 33.9 Å². The molecule has 0 radical (unpaired) electrons. The van der Waals surface area contributed by atoms with Gasteiger partial charge in [-0.05, 0) is 18.6 Å². The van der Waals surface area contributed by atoms with E-state index in [1.807, 2.05) is 13.0 Å². The number of aliphatic carboxylic acids is 1. The van der Waals surface area contributed by atoms with Gasteiger partial charge in [0.25, 0.3) is 5.69 Å². The van der Waals surface area contributed by atoms with Crippen LogP contribution in [-0.4, -0.2) is 29.1 Å². The highest BCUT2D eigenvalue weighted by Crippen LogP contribution is 2.29. The number of hydrogen-bond acceptors (Lipinski definition) is 5. The van der Waals surface area contributed by atoms with Gasteiger partial charge in [-0.2, -0.15) is 5.26 Å². The van der Waals surface area contributed by atoms with Gasteiger partial charge in [-0.25, -0.2) is 0 Å². The summed E-state index contributed by atoms with van der Waals surface area (Å²) in [6.07, 6.45) is 0.640. The Morgan fingerprint density at radius 1 is 1.58 bits per heavy atom. The van der Waals surface area contributed by atoms with Crippen LogP contribution in [0.2, 0.25) is 0 Å². The van der Waals surface area contributed by atoms with E-state index in [1.54, 1.807) is 0 Å². The molecule has 0 aliphatic heterocycles. The lowest BCUT2D eigenvalue weighted by molar-refractivity contribution is -0.384. The topological polar surface area (TPSA) is 107 Å². The average Bonchev–Trinajstić information content (AvgIpc) is 2.36. The van der Waals surface area contributed by atoms with Gasteiger partial charge in [0.2, 0.25) is 0 Å². The molecule has 19 heavy (non-hydrogen) atoms. The maximum atomic E-state index is 11.0. The first kappa shape index (κ1) is 14.4. The summed E-state index contributed by atoms with van der Waals surface area (Å²) in [5, 5.41) is 28.6. The van der Waals surface area contributed by atoms with Gasteiger partial charge in [0.05, 0.1) is 16.6 Å². The number of nitriles is 1. The first-order valence-electron chi connectivity index (χ1n) is 5.64. The predicted octanol–water partition coefficient (Wildman–Crippen LogP) is 1.77. The van der Waals surface area contributed by atoms with Crippen molar-refractivity contribution in [2.24, 2.45) is 0 Å². The number of nitro groups is 1. The molecule has 0 bridgehead atoms. The molecule has 0 spiro atoms. The number of nitro benzene ring substituents is 1. The fraction of sp³-hybridized carbons (Fsp3) is 0.333. The lowest BCUT2D eigenvalue weighted by Crippen LogP contribution is -2.31. The van der Waals surface area contributed by atoms with E-state index in [1.165, 1.54) is 23.1 Å². The van der Waals surface area contributed by atoms with Gasteiger partial charge in [0.1, 0.15) is 12.2 Å². The third-order valence-electron chi connectivity index (χ3n) is 2.46. The molecule has 1 N–H and O–H groups in total. The number of anilines is 1. The van der Waals surface area contributed by atoms with Crippen LogP contribution in [0.1, 0.15) is 18.9 Å². The Morgan fingerprint density at radius 2 is 2.26 bits per heavy atom. The average molecular weight is 263 g/mol. The minimum atomic E-state index is -1.08. The van der Waals surface area contributed by atoms with Crippen molar-refractivity contribution in [2.75, 3.05) is 18.0 Å². The molecule has 0 saturated heterocycles. The zero-order chi connectivity index (χ0) is 14.4. The van der Waals surface area contributed by atoms with Crippen molar-refractivity contribution < 1.29 is 14.8 Å². The number of carbonyl (C=O) groups is 1. The van der Waals surface area contributed by atoms with Crippen molar-refractivity contribution in [3.63, 3.8) is 0 Å². The lowest BCUT2D eigenvalue weighted by atomic mass is 10.1. The van der Waals surface area contributed by atoms with Gasteiger partial charge in [0.15, 0.2) is 0 Å². The number of carboxylic acids is 1. The highest BCUT2D eigenvalue weighted by Gasteiger charge is 2.21. The standard InChI is InChI=1S/C12H13N3O4/c1-2-5-14(8-12(16)17)11-6-9(7-13)3-4-10(11)15(18)19/h3-4,6H,2,5,8H2,1H3,(H,16,17). The van der Waals surface area contributed by atoms with E-state index in [-0.39, 0.29) is 23.5 Å². The minimum Gasteiger partial charge on any atom is -0.480 e. The lowest BCUT2D eigenvalue weighted by Gasteiger charge is -2.21. The van der Waals surface area contributed by atoms with Crippen LogP contribution in [0.5, 0.6) is 0 Å². The first-order valence-corrected chi connectivity index (χ1v) is 5.64. The Morgan fingerprint density at radius 3 is 2.74 bits per heavy atom. The molecule has 7 heteroatoms. The van der Waals surface area contributed by atoms with Gasteiger partial charge in [0, 0.05) is 12.6 Å². The smallest absolute Gasteiger partial charge is 0.323 e. The third kappa shape index (κ3) is 3.67. The Hall–Kier alpha value is -2.62. The molecule has 0 unspecified atom stereocenters. The molecule has 0 saturated carbocycles. The molecular formula is C12H13N3O4. The molecule has 0 fully saturated rings. The quantitative estimate of drug-likeness (QED) is 0.619. The van der Waals surface area contributed by atoms with Crippen LogP contribution >= 0.6 is 0 Å². The second-order valence-electron chi connectivity index (χ2n) is 3.89. The summed E-state index contributed by atoms with van der Waals surface area (Å²) >= 11 is 0. The molecule has 1 aromatic carbocycles. The second-order valence-corrected chi connectivity index (χ2v) is 3.89. The summed E-state index contributed by atoms with van der Waals surface area (Å²) in [6.45, 7) is 1.86. The largest absolute Gasteiger partial charge is 0.480 e. The Kier molecular flexibility index (Phi) is 4.83. The van der Waals surface area contributed by atoms with Crippen LogP contribution < -0.4 is 4.90 Å². The van der Waals surface area contributed by atoms with E-state index in [0.717, 1.165) is 0 Å². The Bertz CT molecular complexity index is 536. The van der Waals surface area contributed by atoms with E-state index < -0.39 is 10.9 Å². The summed E-state index contributed by atoms with van der Waals surface area (Å²) < 4.78 is 0. The Labute approximate surface area is 109 Å². The monoisotopic (exact) mass is 263 g/mol. The fourth-order valence-electron chi connectivity index (χ4n) is 1.72. The molecule has 0 aromatic heterocycles. The normalized spacial score (nSPS) is 9.68. The van der Waals surface area contributed by atoms with E-state index in [2.05, 4.69) is 0 Å². The third-order valence-corrected chi connectivity index (χ3v) is 2.46. The van der Waals surface area contributed by atoms with Crippen LogP contribution in [0.15, 0.2) is 18.2 Å². The maximum absolute atomic E-state index is 11.0. The highest BCUT2D eigenvalue weighted by molar-refractivity contribution is 5.76. The van der Waals surface area contributed by atoms with Gasteiger partial charge in [-0.3, -0.25) is 14.9 Å². The number of rotatable bonds is 6. The number of benzene rings is 1. The molecule has 0 amide bonds. The SMILES string of the molecule is CCCN(CC(=O)O)c1cc(C#N)ccc1[N+](=O)[O-]. The number of hydrogen-bond donors (Lipinski definition) is 1. The van der Waals surface area contributed by atoms with Crippen molar-refractivity contribution in [2.45, 2.75) is 13.3 Å². The molecule has 0 heterocycles. The van der Waals surface area contributed by atoms with Crippen LogP contribution in [-0.2, 0) is 4.79 Å². The van der Waals surface area contributed by atoms with Crippen molar-refractivity contribution in [1.82, 2.24) is 0 Å². The van der Waals surface area contributed by atoms with Crippen LogP contribution in [0, 0.1) is 21.4 Å². The predicted molar refractivity (Wildman–Crippen MR) is 68.0 cm³/mol. The van der Waals surface area contributed by atoms with Gasteiger partial charge >= 0.3 is 5.97 Å². The molecule has 1 rings (SSSR count). The summed E-state index contributed by atoms with van der Waals surface area (Å²) in [5.41, 5.74) is 0.217. The van der Waals surface area contributed by atoms with Gasteiger partial charge in [-0.1, -0.05) is 6.92 Å². The van der Waals surface area contributed by atoms with Crippen LogP contribution in [0.4, 0.5) is 11.4 Å². The van der Waals surface area contributed by atoms with E-state index in [4.69, 9.17) is 10.4 Å². The van der Waals surface area contributed by atoms with Crippen molar-refractivity contribution in [1.29, 1.82) is 5.26 Å². The summed E-state index contributed by atoms with van der Waals surface area (Å²) in [4.78, 5) is 22.6. The fourth-order valence-corrected chi connectivity index (χ4v) is 1.72. The molecule has 0 aliphatic carbocycles. The number of carboxylic acid groups (broad SMARTS) is 1. The molecular weight excluding hydrogens is 250 g/mol. The van der Waals surface area contributed by atoms with Crippen molar-refractivity contribution >= 4 is 17.3 Å².